The molecule has 2 heterocycles. The molecule has 0 aliphatic heterocycles. The monoisotopic (exact) mass is 349 g/mol. The molecule has 116 valence electrons. The molecule has 2 N–H and O–H groups in total. The topological polar surface area (TPSA) is 71.1 Å². The van der Waals surface area contributed by atoms with Crippen LogP contribution in [0, 0.1) is 5.82 Å². The lowest BCUT2D eigenvalue weighted by Gasteiger charge is -2.05. The van der Waals surface area contributed by atoms with Gasteiger partial charge >= 0.3 is 0 Å². The predicted octanol–water partition coefficient (Wildman–Crippen LogP) is 3.16. The van der Waals surface area contributed by atoms with Gasteiger partial charge in [-0.3, -0.25) is 25.4 Å². The number of benzene rings is 1. The van der Waals surface area contributed by atoms with E-state index in [9.17, 15) is 14.0 Å². The number of halogens is 2. The Kier molecular flexibility index (Phi) is 4.22. The van der Waals surface area contributed by atoms with Gasteiger partial charge in [0.25, 0.3) is 11.8 Å². The second-order valence-electron chi connectivity index (χ2n) is 4.51. The number of fused-ring (bicyclic) bond motifs is 1. The normalized spacial score (nSPS) is 10.5. The summed E-state index contributed by atoms with van der Waals surface area (Å²) in [5.41, 5.74) is 4.68. The largest absolute Gasteiger partial charge is 0.288 e. The number of pyridine rings is 1. The van der Waals surface area contributed by atoms with Crippen LogP contribution in [0.1, 0.15) is 20.2 Å². The smallest absolute Gasteiger partial charge is 0.266 e. The van der Waals surface area contributed by atoms with Crippen molar-refractivity contribution in [3.63, 3.8) is 0 Å². The van der Waals surface area contributed by atoms with Gasteiger partial charge in [0.1, 0.15) is 16.4 Å². The average Bonchev–Trinajstić information content (AvgIpc) is 2.89. The molecule has 0 unspecified atom stereocenters. The molecule has 8 heteroatoms. The maximum Gasteiger partial charge on any atom is 0.288 e. The van der Waals surface area contributed by atoms with Crippen molar-refractivity contribution >= 4 is 44.8 Å². The maximum absolute atomic E-state index is 13.2. The van der Waals surface area contributed by atoms with Gasteiger partial charge in [0.2, 0.25) is 0 Å². The molecule has 0 saturated heterocycles. The molecule has 0 radical (unpaired) electrons. The summed E-state index contributed by atoms with van der Waals surface area (Å²) in [6.07, 6.45) is 1.47. The number of carbonyl (C=O) groups is 2. The Morgan fingerprint density at radius 3 is 2.65 bits per heavy atom. The molecule has 0 fully saturated rings. The highest BCUT2D eigenvalue weighted by atomic mass is 35.5. The molecular weight excluding hydrogens is 341 g/mol. The number of nitrogens with zero attached hydrogens (tertiary/aromatic N) is 1. The van der Waals surface area contributed by atoms with E-state index in [1.807, 2.05) is 0 Å². The highest BCUT2D eigenvalue weighted by Gasteiger charge is 2.18. The van der Waals surface area contributed by atoms with Gasteiger partial charge < -0.3 is 0 Å². The number of nitrogens with one attached hydrogen (secondary N) is 2. The van der Waals surface area contributed by atoms with Crippen molar-refractivity contribution in [2.24, 2.45) is 0 Å². The number of aromatic nitrogens is 1. The van der Waals surface area contributed by atoms with E-state index in [1.54, 1.807) is 12.1 Å². The zero-order chi connectivity index (χ0) is 16.4. The summed E-state index contributed by atoms with van der Waals surface area (Å²) in [4.78, 5) is 28.0. The minimum absolute atomic E-state index is 0.164. The number of hydrogen-bond acceptors (Lipinski definition) is 4. The van der Waals surface area contributed by atoms with Crippen molar-refractivity contribution in [3.8, 4) is 0 Å². The number of hydrazine groups is 1. The summed E-state index contributed by atoms with van der Waals surface area (Å²) in [5, 5.41) is 0.800. The molecule has 3 aromatic rings. The van der Waals surface area contributed by atoms with Crippen molar-refractivity contribution in [2.45, 2.75) is 0 Å². The summed E-state index contributed by atoms with van der Waals surface area (Å²) >= 11 is 7.18. The van der Waals surface area contributed by atoms with Crippen LogP contribution in [0.15, 0.2) is 42.6 Å². The number of rotatable bonds is 2. The lowest BCUT2D eigenvalue weighted by molar-refractivity contribution is 0.0846. The van der Waals surface area contributed by atoms with Crippen LogP contribution in [0.4, 0.5) is 4.39 Å². The molecule has 23 heavy (non-hydrogen) atoms. The molecule has 2 amide bonds. The summed E-state index contributed by atoms with van der Waals surface area (Å²) in [6.45, 7) is 0. The molecule has 0 spiro atoms. The summed E-state index contributed by atoms with van der Waals surface area (Å²) in [7, 11) is 0. The second kappa shape index (κ2) is 6.31. The van der Waals surface area contributed by atoms with E-state index in [2.05, 4.69) is 15.8 Å². The van der Waals surface area contributed by atoms with Gasteiger partial charge in [-0.2, -0.15) is 0 Å². The van der Waals surface area contributed by atoms with Crippen LogP contribution in [-0.2, 0) is 0 Å². The first-order chi connectivity index (χ1) is 11.1. The van der Waals surface area contributed by atoms with Crippen LogP contribution in [-0.4, -0.2) is 16.8 Å². The van der Waals surface area contributed by atoms with Crippen LogP contribution in [0.25, 0.3) is 10.1 Å². The number of amides is 2. The summed E-state index contributed by atoms with van der Waals surface area (Å²) < 4.78 is 13.8. The van der Waals surface area contributed by atoms with Crippen LogP contribution < -0.4 is 10.9 Å². The number of carbonyl (C=O) groups excluding carboxylic acids is 2. The van der Waals surface area contributed by atoms with Crippen LogP contribution in [0.2, 0.25) is 5.02 Å². The van der Waals surface area contributed by atoms with Gasteiger partial charge in [-0.1, -0.05) is 17.7 Å². The van der Waals surface area contributed by atoms with Gasteiger partial charge in [-0.25, -0.2) is 4.39 Å². The fraction of sp³-hybridized carbons (Fsp3) is 0. The molecule has 3 rings (SSSR count). The van der Waals surface area contributed by atoms with Crippen molar-refractivity contribution in [3.05, 3.63) is 64.0 Å². The molecule has 0 saturated carbocycles. The molecule has 0 aliphatic rings. The third-order valence-electron chi connectivity index (χ3n) is 2.98. The van der Waals surface area contributed by atoms with E-state index in [1.165, 1.54) is 30.5 Å². The van der Waals surface area contributed by atoms with E-state index < -0.39 is 17.6 Å². The van der Waals surface area contributed by atoms with Gasteiger partial charge in [-0.05, 0) is 30.3 Å². The number of thiophene rings is 1. The Labute approximate surface area is 139 Å². The first-order valence-corrected chi connectivity index (χ1v) is 7.65. The van der Waals surface area contributed by atoms with Gasteiger partial charge in [0.05, 0.1) is 5.02 Å². The van der Waals surface area contributed by atoms with E-state index >= 15 is 0 Å². The molecule has 0 bridgehead atoms. The molecular formula is C15H9ClFN3O2S. The van der Waals surface area contributed by atoms with Crippen molar-refractivity contribution in [2.75, 3.05) is 0 Å². The van der Waals surface area contributed by atoms with Crippen LogP contribution >= 0.6 is 22.9 Å². The molecule has 0 atom stereocenters. The maximum atomic E-state index is 13.2. The minimum atomic E-state index is -0.583. The van der Waals surface area contributed by atoms with Gasteiger partial charge in [0.15, 0.2) is 0 Å². The van der Waals surface area contributed by atoms with Gasteiger partial charge in [-0.15, -0.1) is 11.3 Å². The third-order valence-corrected chi connectivity index (χ3v) is 4.64. The molecule has 0 aliphatic carbocycles. The number of hydrogen-bond donors (Lipinski definition) is 2. The Morgan fingerprint density at radius 1 is 1.13 bits per heavy atom. The Morgan fingerprint density at radius 2 is 1.91 bits per heavy atom. The van der Waals surface area contributed by atoms with Crippen molar-refractivity contribution in [1.29, 1.82) is 0 Å². The zero-order valence-electron chi connectivity index (χ0n) is 11.5. The first kappa shape index (κ1) is 15.4. The van der Waals surface area contributed by atoms with E-state index in [0.717, 1.165) is 11.3 Å². The molecule has 5 nitrogen and oxygen atoms in total. The zero-order valence-corrected chi connectivity index (χ0v) is 13.0. The third kappa shape index (κ3) is 3.15. The molecule has 2 aromatic heterocycles. The Bertz CT molecular complexity index is 898. The van der Waals surface area contributed by atoms with E-state index in [-0.39, 0.29) is 15.6 Å². The quantitative estimate of drug-likeness (QED) is 0.698. The second-order valence-corrected chi connectivity index (χ2v) is 5.94. The first-order valence-electron chi connectivity index (χ1n) is 6.45. The average molecular weight is 350 g/mol. The highest BCUT2D eigenvalue weighted by molar-refractivity contribution is 7.21. The van der Waals surface area contributed by atoms with Crippen molar-refractivity contribution < 1.29 is 14.0 Å². The van der Waals surface area contributed by atoms with Crippen LogP contribution in [0.3, 0.4) is 0 Å². The Balaban J connectivity index is 1.76. The summed E-state index contributed by atoms with van der Waals surface area (Å²) in [5.74, 6) is -1.55. The summed E-state index contributed by atoms with van der Waals surface area (Å²) in [6, 6.07) is 8.91. The van der Waals surface area contributed by atoms with Gasteiger partial charge in [0, 0.05) is 16.3 Å². The SMILES string of the molecule is O=C(NNC(=O)c1sc2cc(F)ccc2c1Cl)c1ccccn1. The fourth-order valence-electron chi connectivity index (χ4n) is 1.92. The van der Waals surface area contributed by atoms with Crippen LogP contribution in [0.5, 0.6) is 0 Å². The Hall–Kier alpha value is -2.51. The molecule has 1 aromatic carbocycles. The van der Waals surface area contributed by atoms with Crippen molar-refractivity contribution in [1.82, 2.24) is 15.8 Å². The lowest BCUT2D eigenvalue weighted by Crippen LogP contribution is -2.41. The highest BCUT2D eigenvalue weighted by Crippen LogP contribution is 2.35. The minimum Gasteiger partial charge on any atom is -0.266 e. The lowest BCUT2D eigenvalue weighted by atomic mass is 10.2. The fourth-order valence-corrected chi connectivity index (χ4v) is 3.35. The standard InChI is InChI=1S/C15H9ClFN3O2S/c16-12-9-5-4-8(17)7-11(9)23-13(12)15(22)20-19-14(21)10-3-1-2-6-18-10/h1-7H,(H,19,21)(H,20,22). The predicted molar refractivity (Wildman–Crippen MR) is 86.0 cm³/mol. The van der Waals surface area contributed by atoms with E-state index in [4.69, 9.17) is 11.6 Å². The van der Waals surface area contributed by atoms with E-state index in [0.29, 0.717) is 10.1 Å².